The number of hydrogen-bond acceptors (Lipinski definition) is 3. The van der Waals surface area contributed by atoms with E-state index in [-0.39, 0.29) is 17.7 Å². The molecular formula is C20H31NO3. The van der Waals surface area contributed by atoms with Gasteiger partial charge in [0.15, 0.2) is 0 Å². The van der Waals surface area contributed by atoms with Crippen molar-refractivity contribution in [2.75, 3.05) is 0 Å². The molecule has 24 heavy (non-hydrogen) atoms. The van der Waals surface area contributed by atoms with Crippen LogP contribution >= 0.6 is 0 Å². The molecule has 0 spiro atoms. The predicted octanol–water partition coefficient (Wildman–Crippen LogP) is 4.68. The van der Waals surface area contributed by atoms with Gasteiger partial charge in [0, 0.05) is 11.6 Å². The van der Waals surface area contributed by atoms with Gasteiger partial charge in [-0.25, -0.2) is 4.79 Å². The highest BCUT2D eigenvalue weighted by atomic mass is 16.6. The lowest BCUT2D eigenvalue weighted by Crippen LogP contribution is -2.57. The second kappa shape index (κ2) is 7.14. The Morgan fingerprint density at radius 2 is 1.96 bits per heavy atom. The molecule has 0 radical (unpaired) electrons. The number of carbonyl (C=O) groups is 1. The summed E-state index contributed by atoms with van der Waals surface area (Å²) in [5.41, 5.74) is 0.111. The molecule has 1 amide bonds. The number of ether oxygens (including phenoxy) is 1. The number of aliphatic hydroxyl groups excluding tert-OH is 1. The minimum atomic E-state index is -0.574. The Bertz CT molecular complexity index is 548. The van der Waals surface area contributed by atoms with Crippen LogP contribution in [0.15, 0.2) is 30.3 Å². The van der Waals surface area contributed by atoms with Gasteiger partial charge in [-0.3, -0.25) is 4.90 Å². The Balaban J connectivity index is 2.17. The molecule has 4 nitrogen and oxygen atoms in total. The molecule has 2 rings (SSSR count). The molecule has 134 valence electrons. The summed E-state index contributed by atoms with van der Waals surface area (Å²) >= 11 is 0. The molecule has 0 aliphatic carbocycles. The van der Waals surface area contributed by atoms with Gasteiger partial charge < -0.3 is 9.84 Å². The maximum absolute atomic E-state index is 12.8. The van der Waals surface area contributed by atoms with Crippen LogP contribution in [0.3, 0.4) is 0 Å². The van der Waals surface area contributed by atoms with Crippen LogP contribution in [-0.4, -0.2) is 33.3 Å². The summed E-state index contributed by atoms with van der Waals surface area (Å²) in [6, 6.07) is 9.63. The first kappa shape index (κ1) is 18.8. The third-order valence-corrected chi connectivity index (χ3v) is 4.61. The Hall–Kier alpha value is -1.55. The molecule has 4 heteroatoms. The fourth-order valence-electron chi connectivity index (χ4n) is 3.51. The Labute approximate surface area is 145 Å². The monoisotopic (exact) mass is 333 g/mol. The number of benzene rings is 1. The Morgan fingerprint density at radius 1 is 1.33 bits per heavy atom. The van der Waals surface area contributed by atoms with Gasteiger partial charge in [0.2, 0.25) is 0 Å². The van der Waals surface area contributed by atoms with Crippen LogP contribution in [0, 0.1) is 0 Å². The van der Waals surface area contributed by atoms with Gasteiger partial charge >= 0.3 is 6.09 Å². The number of nitrogens with zero attached hydrogens (tertiary/aromatic N) is 1. The van der Waals surface area contributed by atoms with Gasteiger partial charge in [-0.1, -0.05) is 30.3 Å². The van der Waals surface area contributed by atoms with Crippen molar-refractivity contribution >= 4 is 6.09 Å². The van der Waals surface area contributed by atoms with Crippen molar-refractivity contribution in [2.24, 2.45) is 0 Å². The normalized spacial score (nSPS) is 22.1. The standard InChI is InChI=1S/C20H31NO3/c1-19(2,3)24-18(23)21-16(12-9-13-20(21,4)5)14-17(22)15-10-7-6-8-11-15/h6-8,10-11,16-17,22H,9,12-14H2,1-5H3. The van der Waals surface area contributed by atoms with Crippen LogP contribution in [0.25, 0.3) is 0 Å². The fraction of sp³-hybridized carbons (Fsp3) is 0.650. The first-order valence-electron chi connectivity index (χ1n) is 8.85. The van der Waals surface area contributed by atoms with Crippen molar-refractivity contribution in [2.45, 2.75) is 83.6 Å². The van der Waals surface area contributed by atoms with Crippen LogP contribution in [0.4, 0.5) is 4.79 Å². The number of rotatable bonds is 3. The average molecular weight is 333 g/mol. The molecule has 1 aromatic carbocycles. The van der Waals surface area contributed by atoms with Crippen molar-refractivity contribution < 1.29 is 14.6 Å². The van der Waals surface area contributed by atoms with Gasteiger partial charge in [-0.05, 0) is 65.9 Å². The molecule has 1 saturated heterocycles. The molecule has 1 aromatic rings. The maximum atomic E-state index is 12.8. The summed E-state index contributed by atoms with van der Waals surface area (Å²) in [4.78, 5) is 14.6. The highest BCUT2D eigenvalue weighted by Gasteiger charge is 2.42. The quantitative estimate of drug-likeness (QED) is 0.874. The van der Waals surface area contributed by atoms with Crippen molar-refractivity contribution in [1.29, 1.82) is 0 Å². The molecule has 0 aromatic heterocycles. The second-order valence-corrected chi connectivity index (χ2v) is 8.37. The average Bonchev–Trinajstić information content (AvgIpc) is 2.45. The lowest BCUT2D eigenvalue weighted by atomic mass is 9.84. The van der Waals surface area contributed by atoms with Crippen molar-refractivity contribution in [1.82, 2.24) is 4.90 Å². The van der Waals surface area contributed by atoms with Crippen molar-refractivity contribution in [3.8, 4) is 0 Å². The zero-order valence-electron chi connectivity index (χ0n) is 15.6. The van der Waals surface area contributed by atoms with Gasteiger partial charge in [0.1, 0.15) is 5.60 Å². The Morgan fingerprint density at radius 3 is 2.54 bits per heavy atom. The highest BCUT2D eigenvalue weighted by molar-refractivity contribution is 5.69. The molecule has 1 aliphatic rings. The first-order valence-corrected chi connectivity index (χ1v) is 8.85. The number of amides is 1. The summed E-state index contributed by atoms with van der Waals surface area (Å²) < 4.78 is 5.64. The van der Waals surface area contributed by atoms with E-state index in [4.69, 9.17) is 4.74 Å². The minimum absolute atomic E-state index is 0.0150. The number of likely N-dealkylation sites (tertiary alicyclic amines) is 1. The van der Waals surface area contributed by atoms with E-state index in [1.165, 1.54) is 0 Å². The molecule has 2 atom stereocenters. The van der Waals surface area contributed by atoms with Crippen molar-refractivity contribution in [3.05, 3.63) is 35.9 Å². The lowest BCUT2D eigenvalue weighted by molar-refractivity contribution is -0.0353. The number of piperidine rings is 1. The van der Waals surface area contributed by atoms with Gasteiger partial charge in [0.25, 0.3) is 0 Å². The zero-order chi connectivity index (χ0) is 18.0. The summed E-state index contributed by atoms with van der Waals surface area (Å²) in [7, 11) is 0. The van der Waals surface area contributed by atoms with E-state index >= 15 is 0 Å². The van der Waals surface area contributed by atoms with E-state index in [1.807, 2.05) is 56.0 Å². The van der Waals surface area contributed by atoms with Crippen LogP contribution in [0.2, 0.25) is 0 Å². The molecule has 1 aliphatic heterocycles. The summed E-state index contributed by atoms with van der Waals surface area (Å²) in [5, 5.41) is 10.6. The van der Waals surface area contributed by atoms with E-state index in [0.29, 0.717) is 6.42 Å². The molecular weight excluding hydrogens is 302 g/mol. The van der Waals surface area contributed by atoms with Crippen LogP contribution in [0.1, 0.15) is 72.0 Å². The third kappa shape index (κ3) is 4.73. The van der Waals surface area contributed by atoms with E-state index in [9.17, 15) is 9.90 Å². The highest BCUT2D eigenvalue weighted by Crippen LogP contribution is 2.36. The molecule has 0 saturated carbocycles. The minimum Gasteiger partial charge on any atom is -0.444 e. The van der Waals surface area contributed by atoms with Crippen molar-refractivity contribution in [3.63, 3.8) is 0 Å². The van der Waals surface area contributed by atoms with Crippen LogP contribution in [-0.2, 0) is 4.74 Å². The number of aliphatic hydroxyl groups is 1. The number of hydrogen-bond donors (Lipinski definition) is 1. The largest absolute Gasteiger partial charge is 0.444 e. The van der Waals surface area contributed by atoms with E-state index in [1.54, 1.807) is 0 Å². The zero-order valence-corrected chi connectivity index (χ0v) is 15.6. The molecule has 1 fully saturated rings. The molecule has 2 unspecified atom stereocenters. The molecule has 1 heterocycles. The van der Waals surface area contributed by atoms with Gasteiger partial charge in [0.05, 0.1) is 6.10 Å². The Kier molecular flexibility index (Phi) is 5.59. The predicted molar refractivity (Wildman–Crippen MR) is 95.8 cm³/mol. The fourth-order valence-corrected chi connectivity index (χ4v) is 3.51. The topological polar surface area (TPSA) is 49.8 Å². The van der Waals surface area contributed by atoms with Gasteiger partial charge in [-0.15, -0.1) is 0 Å². The lowest BCUT2D eigenvalue weighted by Gasteiger charge is -2.48. The van der Waals surface area contributed by atoms with Crippen LogP contribution < -0.4 is 0 Å². The summed E-state index contributed by atoms with van der Waals surface area (Å²) in [6.45, 7) is 9.82. The van der Waals surface area contributed by atoms with E-state index in [0.717, 1.165) is 24.8 Å². The van der Waals surface area contributed by atoms with Gasteiger partial charge in [-0.2, -0.15) is 0 Å². The molecule has 0 bridgehead atoms. The first-order chi connectivity index (χ1) is 11.1. The molecule has 1 N–H and O–H groups in total. The SMILES string of the molecule is CC(C)(C)OC(=O)N1C(CC(O)c2ccccc2)CCCC1(C)C. The smallest absolute Gasteiger partial charge is 0.410 e. The maximum Gasteiger partial charge on any atom is 0.410 e. The summed E-state index contributed by atoms with van der Waals surface area (Å²) in [5.74, 6) is 0. The third-order valence-electron chi connectivity index (χ3n) is 4.61. The van der Waals surface area contributed by atoms with Crippen LogP contribution in [0.5, 0.6) is 0 Å². The number of carbonyl (C=O) groups excluding carboxylic acids is 1. The van der Waals surface area contributed by atoms with E-state index < -0.39 is 11.7 Å². The summed E-state index contributed by atoms with van der Waals surface area (Å²) in [6.07, 6.45) is 2.58. The van der Waals surface area contributed by atoms with E-state index in [2.05, 4.69) is 13.8 Å². The second-order valence-electron chi connectivity index (χ2n) is 8.37.